The minimum absolute atomic E-state index is 0.115. The molecule has 0 aliphatic heterocycles. The summed E-state index contributed by atoms with van der Waals surface area (Å²) in [6.07, 6.45) is 1.16. The van der Waals surface area contributed by atoms with E-state index in [1.54, 1.807) is 0 Å². The average molecular weight is 335 g/mol. The first kappa shape index (κ1) is 17.0. The van der Waals surface area contributed by atoms with Crippen molar-refractivity contribution in [2.45, 2.75) is 13.8 Å². The molecule has 0 aliphatic rings. The van der Waals surface area contributed by atoms with Crippen LogP contribution in [0.25, 0.3) is 0 Å². The SMILES string of the molecule is Cc1cc(C)cc(OCC(=O)N/N=C\c2c(F)cccc2Cl)c1. The molecule has 1 N–H and O–H groups in total. The first-order chi connectivity index (χ1) is 11.0. The third-order valence-corrected chi connectivity index (χ3v) is 3.28. The number of hydrazone groups is 1. The number of carbonyl (C=O) groups excluding carboxylic acids is 1. The molecule has 4 nitrogen and oxygen atoms in total. The Morgan fingerprint density at radius 2 is 2.00 bits per heavy atom. The topological polar surface area (TPSA) is 50.7 Å². The molecule has 0 saturated heterocycles. The molecule has 0 aromatic heterocycles. The molecule has 0 heterocycles. The zero-order valence-electron chi connectivity index (χ0n) is 12.8. The van der Waals surface area contributed by atoms with Gasteiger partial charge in [-0.2, -0.15) is 5.10 Å². The van der Waals surface area contributed by atoms with Crippen LogP contribution < -0.4 is 10.2 Å². The number of rotatable bonds is 5. The summed E-state index contributed by atoms with van der Waals surface area (Å²) in [5.41, 5.74) is 4.48. The van der Waals surface area contributed by atoms with Crippen LogP contribution in [0, 0.1) is 19.7 Å². The third-order valence-electron chi connectivity index (χ3n) is 2.95. The first-order valence-electron chi connectivity index (χ1n) is 6.92. The number of aryl methyl sites for hydroxylation is 2. The lowest BCUT2D eigenvalue weighted by atomic mass is 10.1. The fourth-order valence-corrected chi connectivity index (χ4v) is 2.21. The predicted octanol–water partition coefficient (Wildman–Crippen LogP) is 3.63. The molecule has 0 radical (unpaired) electrons. The standard InChI is InChI=1S/C17H16ClFN2O2/c1-11-6-12(2)8-13(7-11)23-10-17(22)21-20-9-14-15(18)4-3-5-16(14)19/h3-9H,10H2,1-2H3,(H,21,22)/b20-9-. The van der Waals surface area contributed by atoms with Crippen molar-refractivity contribution >= 4 is 23.7 Å². The van der Waals surface area contributed by atoms with E-state index in [9.17, 15) is 9.18 Å². The average Bonchev–Trinajstić information content (AvgIpc) is 2.47. The maximum Gasteiger partial charge on any atom is 0.277 e. The Balaban J connectivity index is 1.89. The van der Waals surface area contributed by atoms with Gasteiger partial charge in [-0.3, -0.25) is 4.79 Å². The second kappa shape index (κ2) is 7.74. The van der Waals surface area contributed by atoms with Crippen LogP contribution >= 0.6 is 11.6 Å². The van der Waals surface area contributed by atoms with E-state index in [0.717, 1.165) is 17.3 Å². The monoisotopic (exact) mass is 334 g/mol. The molecule has 23 heavy (non-hydrogen) atoms. The molecule has 2 aromatic carbocycles. The highest BCUT2D eigenvalue weighted by Crippen LogP contribution is 2.17. The normalized spacial score (nSPS) is 10.8. The zero-order chi connectivity index (χ0) is 16.8. The van der Waals surface area contributed by atoms with Crippen LogP contribution in [-0.4, -0.2) is 18.7 Å². The van der Waals surface area contributed by atoms with Gasteiger partial charge in [0, 0.05) is 5.56 Å². The number of halogens is 2. The molecule has 1 amide bonds. The summed E-state index contributed by atoms with van der Waals surface area (Å²) in [5, 5.41) is 3.90. The fraction of sp³-hybridized carbons (Fsp3) is 0.176. The summed E-state index contributed by atoms with van der Waals surface area (Å²) < 4.78 is 18.9. The molecular formula is C17H16ClFN2O2. The van der Waals surface area contributed by atoms with Crippen LogP contribution in [0.4, 0.5) is 4.39 Å². The van der Waals surface area contributed by atoms with E-state index in [1.165, 1.54) is 18.2 Å². The zero-order valence-corrected chi connectivity index (χ0v) is 13.5. The molecule has 2 rings (SSSR count). The summed E-state index contributed by atoms with van der Waals surface area (Å²) in [6.45, 7) is 3.70. The number of benzene rings is 2. The van der Waals surface area contributed by atoms with Gasteiger partial charge in [-0.1, -0.05) is 23.7 Å². The van der Waals surface area contributed by atoms with Gasteiger partial charge in [-0.05, 0) is 49.2 Å². The largest absolute Gasteiger partial charge is 0.484 e. The Kier molecular flexibility index (Phi) is 5.71. The van der Waals surface area contributed by atoms with Gasteiger partial charge < -0.3 is 4.74 Å². The van der Waals surface area contributed by atoms with Crippen LogP contribution in [0.3, 0.4) is 0 Å². The highest BCUT2D eigenvalue weighted by molar-refractivity contribution is 6.33. The van der Waals surface area contributed by atoms with E-state index < -0.39 is 11.7 Å². The number of ether oxygens (including phenoxy) is 1. The summed E-state index contributed by atoms with van der Waals surface area (Å²) in [4.78, 5) is 11.7. The highest BCUT2D eigenvalue weighted by Gasteiger charge is 2.05. The number of amides is 1. The number of hydrogen-bond acceptors (Lipinski definition) is 3. The Morgan fingerprint density at radius 3 is 2.65 bits per heavy atom. The van der Waals surface area contributed by atoms with Crippen molar-refractivity contribution in [2.24, 2.45) is 5.10 Å². The second-order valence-electron chi connectivity index (χ2n) is 5.04. The predicted molar refractivity (Wildman–Crippen MR) is 88.6 cm³/mol. The summed E-state index contributed by atoms with van der Waals surface area (Å²) in [7, 11) is 0. The van der Waals surface area contributed by atoms with Crippen LogP contribution in [0.2, 0.25) is 5.02 Å². The van der Waals surface area contributed by atoms with Crippen molar-refractivity contribution in [3.05, 3.63) is 63.9 Å². The Morgan fingerprint density at radius 1 is 1.30 bits per heavy atom. The molecular weight excluding hydrogens is 319 g/mol. The van der Waals surface area contributed by atoms with Gasteiger partial charge in [0.05, 0.1) is 11.2 Å². The highest BCUT2D eigenvalue weighted by atomic mass is 35.5. The molecule has 0 aliphatic carbocycles. The number of nitrogens with zero attached hydrogens (tertiary/aromatic N) is 1. The Labute approximate surface area is 138 Å². The lowest BCUT2D eigenvalue weighted by molar-refractivity contribution is -0.123. The van der Waals surface area contributed by atoms with Crippen molar-refractivity contribution in [3.8, 4) is 5.75 Å². The van der Waals surface area contributed by atoms with E-state index in [1.807, 2.05) is 32.0 Å². The number of nitrogens with one attached hydrogen (secondary N) is 1. The van der Waals surface area contributed by atoms with Gasteiger partial charge in [0.1, 0.15) is 11.6 Å². The number of hydrogen-bond donors (Lipinski definition) is 1. The molecule has 0 fully saturated rings. The van der Waals surface area contributed by atoms with Crippen molar-refractivity contribution in [1.82, 2.24) is 5.43 Å². The minimum atomic E-state index is -0.512. The van der Waals surface area contributed by atoms with Gasteiger partial charge in [-0.15, -0.1) is 0 Å². The molecule has 120 valence electrons. The maximum absolute atomic E-state index is 13.5. The van der Waals surface area contributed by atoms with Crippen LogP contribution in [0.1, 0.15) is 16.7 Å². The van der Waals surface area contributed by atoms with E-state index in [4.69, 9.17) is 16.3 Å². The fourth-order valence-electron chi connectivity index (χ4n) is 2.00. The quantitative estimate of drug-likeness (QED) is 0.670. The first-order valence-corrected chi connectivity index (χ1v) is 7.30. The van der Waals surface area contributed by atoms with Gasteiger partial charge >= 0.3 is 0 Å². The van der Waals surface area contributed by atoms with E-state index in [2.05, 4.69) is 10.5 Å². The van der Waals surface area contributed by atoms with Gasteiger partial charge in [-0.25, -0.2) is 9.82 Å². The van der Waals surface area contributed by atoms with Crippen molar-refractivity contribution < 1.29 is 13.9 Å². The van der Waals surface area contributed by atoms with Gasteiger partial charge in [0.25, 0.3) is 5.91 Å². The lowest BCUT2D eigenvalue weighted by Gasteiger charge is -2.07. The lowest BCUT2D eigenvalue weighted by Crippen LogP contribution is -2.24. The van der Waals surface area contributed by atoms with E-state index >= 15 is 0 Å². The summed E-state index contributed by atoms with van der Waals surface area (Å²) in [5.74, 6) is -0.353. The maximum atomic E-state index is 13.5. The van der Waals surface area contributed by atoms with Crippen LogP contribution in [0.15, 0.2) is 41.5 Å². The number of carbonyl (C=O) groups is 1. The van der Waals surface area contributed by atoms with Gasteiger partial charge in [0.15, 0.2) is 6.61 Å². The van der Waals surface area contributed by atoms with Gasteiger partial charge in [0.2, 0.25) is 0 Å². The van der Waals surface area contributed by atoms with E-state index in [-0.39, 0.29) is 17.2 Å². The molecule has 0 spiro atoms. The molecule has 0 unspecified atom stereocenters. The van der Waals surface area contributed by atoms with Crippen molar-refractivity contribution in [3.63, 3.8) is 0 Å². The minimum Gasteiger partial charge on any atom is -0.484 e. The molecule has 0 bridgehead atoms. The molecule has 6 heteroatoms. The Hall–Kier alpha value is -2.40. The van der Waals surface area contributed by atoms with E-state index in [0.29, 0.717) is 5.75 Å². The molecule has 0 saturated carbocycles. The van der Waals surface area contributed by atoms with Crippen molar-refractivity contribution in [2.75, 3.05) is 6.61 Å². The second-order valence-corrected chi connectivity index (χ2v) is 5.45. The summed E-state index contributed by atoms with van der Waals surface area (Å²) >= 11 is 5.85. The smallest absolute Gasteiger partial charge is 0.277 e. The molecule has 2 aromatic rings. The van der Waals surface area contributed by atoms with Crippen LogP contribution in [0.5, 0.6) is 5.75 Å². The van der Waals surface area contributed by atoms with Crippen molar-refractivity contribution in [1.29, 1.82) is 0 Å². The third kappa shape index (κ3) is 5.07. The van der Waals surface area contributed by atoms with Crippen LogP contribution in [-0.2, 0) is 4.79 Å². The molecule has 0 atom stereocenters. The summed E-state index contributed by atoms with van der Waals surface area (Å²) in [6, 6.07) is 9.97. The Bertz CT molecular complexity index is 707.